The molecule has 0 fully saturated rings. The summed E-state index contributed by atoms with van der Waals surface area (Å²) in [6.45, 7) is 4.24. The summed E-state index contributed by atoms with van der Waals surface area (Å²) in [7, 11) is 0. The Hall–Kier alpha value is -1.53. The summed E-state index contributed by atoms with van der Waals surface area (Å²) < 4.78 is 5.27. The first-order chi connectivity index (χ1) is 11.1. The molecule has 23 heavy (non-hydrogen) atoms. The number of rotatable bonds is 6. The molecule has 0 unspecified atom stereocenters. The van der Waals surface area contributed by atoms with E-state index in [2.05, 4.69) is 29.7 Å². The molecule has 1 aliphatic heterocycles. The van der Waals surface area contributed by atoms with E-state index in [0.717, 1.165) is 24.1 Å². The van der Waals surface area contributed by atoms with Gasteiger partial charge in [-0.25, -0.2) is 4.79 Å². The molecule has 124 valence electrons. The predicted molar refractivity (Wildman–Crippen MR) is 98.4 cm³/mol. The molecular formula is C17H22N2O2S2. The Morgan fingerprint density at radius 2 is 2.00 bits per heavy atom. The maximum absolute atomic E-state index is 12.5. The molecule has 1 heterocycles. The van der Waals surface area contributed by atoms with E-state index in [0.29, 0.717) is 17.3 Å². The van der Waals surface area contributed by atoms with Crippen molar-refractivity contribution in [3.05, 3.63) is 41.1 Å². The summed E-state index contributed by atoms with van der Waals surface area (Å²) >= 11 is 7.00. The fourth-order valence-corrected chi connectivity index (χ4v) is 3.21. The standard InChI is InChI=1S/C17H22N2O2S2/c1-4-6-13-14(16(20)21-5-2)15(19-17(22)18-13)11-7-9-12(23-3)10-8-11/h7-10,15H,4-6H2,1-3H3,(H2,18,19,22)/t15-/m0/s1. The molecule has 1 atom stereocenters. The number of carbonyl (C=O) groups excluding carboxylic acids is 1. The van der Waals surface area contributed by atoms with Gasteiger partial charge in [-0.3, -0.25) is 0 Å². The molecule has 0 spiro atoms. The third-order valence-corrected chi connectivity index (χ3v) is 4.56. The first-order valence-corrected chi connectivity index (χ1v) is 9.35. The molecule has 0 aliphatic carbocycles. The lowest BCUT2D eigenvalue weighted by Crippen LogP contribution is -2.45. The largest absolute Gasteiger partial charge is 0.463 e. The number of carbonyl (C=O) groups is 1. The maximum atomic E-state index is 12.5. The van der Waals surface area contributed by atoms with Crippen LogP contribution in [0.15, 0.2) is 40.4 Å². The number of nitrogens with one attached hydrogen (secondary N) is 2. The fraction of sp³-hybridized carbons (Fsp3) is 0.412. The molecule has 2 rings (SSSR count). The van der Waals surface area contributed by atoms with E-state index in [1.165, 1.54) is 4.90 Å². The van der Waals surface area contributed by atoms with Crippen molar-refractivity contribution in [2.45, 2.75) is 37.6 Å². The Balaban J connectivity index is 2.45. The van der Waals surface area contributed by atoms with Gasteiger partial charge >= 0.3 is 5.97 Å². The van der Waals surface area contributed by atoms with Crippen molar-refractivity contribution in [2.24, 2.45) is 0 Å². The molecule has 4 nitrogen and oxygen atoms in total. The van der Waals surface area contributed by atoms with E-state index in [-0.39, 0.29) is 12.0 Å². The van der Waals surface area contributed by atoms with Gasteiger partial charge in [0, 0.05) is 10.6 Å². The molecule has 2 N–H and O–H groups in total. The molecule has 1 aliphatic rings. The molecule has 1 aromatic carbocycles. The van der Waals surface area contributed by atoms with Gasteiger partial charge in [0.25, 0.3) is 0 Å². The molecule has 0 aromatic heterocycles. The van der Waals surface area contributed by atoms with Crippen molar-refractivity contribution in [3.8, 4) is 0 Å². The van der Waals surface area contributed by atoms with Crippen LogP contribution in [-0.4, -0.2) is 23.9 Å². The van der Waals surface area contributed by atoms with Gasteiger partial charge in [0.2, 0.25) is 0 Å². The summed E-state index contributed by atoms with van der Waals surface area (Å²) in [6, 6.07) is 7.88. The molecule has 0 amide bonds. The highest BCUT2D eigenvalue weighted by molar-refractivity contribution is 7.98. The Morgan fingerprint density at radius 3 is 2.57 bits per heavy atom. The van der Waals surface area contributed by atoms with Crippen molar-refractivity contribution in [1.29, 1.82) is 0 Å². The van der Waals surface area contributed by atoms with Crippen LogP contribution in [-0.2, 0) is 9.53 Å². The number of thiocarbonyl (C=S) groups is 1. The van der Waals surface area contributed by atoms with Crippen molar-refractivity contribution >= 4 is 35.1 Å². The van der Waals surface area contributed by atoms with Crippen LogP contribution >= 0.6 is 24.0 Å². The van der Waals surface area contributed by atoms with Gasteiger partial charge in [0.05, 0.1) is 18.2 Å². The van der Waals surface area contributed by atoms with Crippen LogP contribution in [0, 0.1) is 0 Å². The number of ether oxygens (including phenoxy) is 1. The molecule has 6 heteroatoms. The van der Waals surface area contributed by atoms with Gasteiger partial charge in [-0.1, -0.05) is 25.5 Å². The normalized spacial score (nSPS) is 17.5. The van der Waals surface area contributed by atoms with E-state index in [4.69, 9.17) is 17.0 Å². The number of hydrogen-bond acceptors (Lipinski definition) is 4. The third kappa shape index (κ3) is 4.26. The Kier molecular flexibility index (Phi) is 6.47. The monoisotopic (exact) mass is 350 g/mol. The number of hydrogen-bond donors (Lipinski definition) is 2. The summed E-state index contributed by atoms with van der Waals surface area (Å²) in [5.74, 6) is -0.294. The third-order valence-electron chi connectivity index (χ3n) is 3.60. The minimum Gasteiger partial charge on any atom is -0.463 e. The van der Waals surface area contributed by atoms with Crippen LogP contribution in [0.1, 0.15) is 38.3 Å². The first-order valence-electron chi connectivity index (χ1n) is 7.72. The Bertz CT molecular complexity index is 612. The molecule has 0 saturated heterocycles. The van der Waals surface area contributed by atoms with Crippen molar-refractivity contribution in [3.63, 3.8) is 0 Å². The highest BCUT2D eigenvalue weighted by atomic mass is 32.2. The van der Waals surface area contributed by atoms with Gasteiger partial charge < -0.3 is 15.4 Å². The molecule has 1 aromatic rings. The smallest absolute Gasteiger partial charge is 0.338 e. The average Bonchev–Trinajstić information content (AvgIpc) is 2.55. The van der Waals surface area contributed by atoms with Crippen LogP contribution in [0.25, 0.3) is 0 Å². The number of benzene rings is 1. The zero-order valence-corrected chi connectivity index (χ0v) is 15.3. The number of allylic oxidation sites excluding steroid dienone is 1. The number of thioether (sulfide) groups is 1. The molecule has 0 radical (unpaired) electrons. The van der Waals surface area contributed by atoms with Crippen molar-refractivity contribution in [1.82, 2.24) is 10.6 Å². The Morgan fingerprint density at radius 1 is 1.30 bits per heavy atom. The van der Waals surface area contributed by atoms with Crippen LogP contribution in [0.2, 0.25) is 0 Å². The molecule has 0 saturated carbocycles. The van der Waals surface area contributed by atoms with Gasteiger partial charge in [-0.15, -0.1) is 11.8 Å². The van der Waals surface area contributed by atoms with Crippen LogP contribution in [0.5, 0.6) is 0 Å². The van der Waals surface area contributed by atoms with Crippen LogP contribution < -0.4 is 10.6 Å². The SMILES string of the molecule is CCCC1=C(C(=O)OCC)[C@H](c2ccc(SC)cc2)NC(=S)N1. The maximum Gasteiger partial charge on any atom is 0.338 e. The lowest BCUT2D eigenvalue weighted by Gasteiger charge is -2.31. The topological polar surface area (TPSA) is 50.4 Å². The van der Waals surface area contributed by atoms with Gasteiger partial charge in [-0.2, -0.15) is 0 Å². The minimum atomic E-state index is -0.294. The minimum absolute atomic E-state index is 0.278. The zero-order valence-electron chi connectivity index (χ0n) is 13.6. The van der Waals surface area contributed by atoms with Crippen molar-refractivity contribution < 1.29 is 9.53 Å². The van der Waals surface area contributed by atoms with E-state index < -0.39 is 0 Å². The van der Waals surface area contributed by atoms with E-state index in [9.17, 15) is 4.79 Å². The second-order valence-corrected chi connectivity index (χ2v) is 6.46. The molecule has 0 bridgehead atoms. The Labute approximate surface area is 147 Å². The second-order valence-electron chi connectivity index (χ2n) is 5.17. The highest BCUT2D eigenvalue weighted by Gasteiger charge is 2.31. The zero-order chi connectivity index (χ0) is 16.8. The van der Waals surface area contributed by atoms with Gasteiger partial charge in [0.15, 0.2) is 5.11 Å². The predicted octanol–water partition coefficient (Wildman–Crippen LogP) is 3.54. The van der Waals surface area contributed by atoms with E-state index >= 15 is 0 Å². The lowest BCUT2D eigenvalue weighted by atomic mass is 9.94. The fourth-order valence-electron chi connectivity index (χ4n) is 2.56. The summed E-state index contributed by atoms with van der Waals surface area (Å²) in [5.41, 5.74) is 2.48. The molecular weight excluding hydrogens is 328 g/mol. The van der Waals surface area contributed by atoms with E-state index in [1.54, 1.807) is 11.8 Å². The lowest BCUT2D eigenvalue weighted by molar-refractivity contribution is -0.139. The second kappa shape index (κ2) is 8.36. The van der Waals surface area contributed by atoms with Crippen molar-refractivity contribution in [2.75, 3.05) is 12.9 Å². The summed E-state index contributed by atoms with van der Waals surface area (Å²) in [5, 5.41) is 6.87. The first kappa shape index (κ1) is 17.8. The van der Waals surface area contributed by atoms with E-state index in [1.807, 2.05) is 25.3 Å². The summed E-state index contributed by atoms with van der Waals surface area (Å²) in [4.78, 5) is 13.7. The van der Waals surface area contributed by atoms with Crippen LogP contribution in [0.4, 0.5) is 0 Å². The highest BCUT2D eigenvalue weighted by Crippen LogP contribution is 2.30. The van der Waals surface area contributed by atoms with Gasteiger partial charge in [-0.05, 0) is 49.5 Å². The summed E-state index contributed by atoms with van der Waals surface area (Å²) in [6.07, 6.45) is 3.72. The van der Waals surface area contributed by atoms with Gasteiger partial charge in [0.1, 0.15) is 0 Å². The average molecular weight is 351 g/mol. The number of esters is 1. The van der Waals surface area contributed by atoms with Crippen LogP contribution in [0.3, 0.4) is 0 Å². The quantitative estimate of drug-likeness (QED) is 0.465.